The van der Waals surface area contributed by atoms with Gasteiger partial charge in [-0.15, -0.1) is 0 Å². The maximum Gasteiger partial charge on any atom is 0.232 e. The second-order valence-electron chi connectivity index (χ2n) is 5.17. The summed E-state index contributed by atoms with van der Waals surface area (Å²) in [6.45, 7) is 8.38. The average Bonchev–Trinajstić information content (AvgIpc) is 2.48. The van der Waals surface area contributed by atoms with Crippen LogP contribution in [0.2, 0.25) is 0 Å². The monoisotopic (exact) mass is 296 g/mol. The molecule has 8 heteroatoms. The highest BCUT2D eigenvalue weighted by molar-refractivity contribution is 5.44. The van der Waals surface area contributed by atoms with Crippen molar-refractivity contribution in [2.45, 2.75) is 19.9 Å². The zero-order valence-corrected chi connectivity index (χ0v) is 12.9. The summed E-state index contributed by atoms with van der Waals surface area (Å²) in [7, 11) is 1.68. The number of ether oxygens (including phenoxy) is 2. The van der Waals surface area contributed by atoms with Gasteiger partial charge in [0.2, 0.25) is 17.8 Å². The molecule has 0 spiro atoms. The SMILES string of the molecule is COCCN(c1nc(N)nc(N2CCOCC2)n1)C(C)C. The molecule has 2 heterocycles. The lowest BCUT2D eigenvalue weighted by Gasteiger charge is -2.30. The van der Waals surface area contributed by atoms with Crippen LogP contribution < -0.4 is 15.5 Å². The fourth-order valence-electron chi connectivity index (χ4n) is 2.18. The summed E-state index contributed by atoms with van der Waals surface area (Å²) < 4.78 is 10.5. The average molecular weight is 296 g/mol. The minimum Gasteiger partial charge on any atom is -0.383 e. The molecule has 0 amide bonds. The highest BCUT2D eigenvalue weighted by Gasteiger charge is 2.19. The first-order valence-electron chi connectivity index (χ1n) is 7.21. The molecule has 0 bridgehead atoms. The quantitative estimate of drug-likeness (QED) is 0.793. The summed E-state index contributed by atoms with van der Waals surface area (Å²) in [6, 6.07) is 0.250. The Morgan fingerprint density at radius 2 is 2.00 bits per heavy atom. The molecule has 0 radical (unpaired) electrons. The summed E-state index contributed by atoms with van der Waals surface area (Å²) in [5.41, 5.74) is 5.85. The normalized spacial score (nSPS) is 15.5. The van der Waals surface area contributed by atoms with E-state index in [1.807, 2.05) is 0 Å². The van der Waals surface area contributed by atoms with Crippen molar-refractivity contribution in [2.75, 3.05) is 62.1 Å². The number of morpholine rings is 1. The van der Waals surface area contributed by atoms with Crippen LogP contribution in [0.15, 0.2) is 0 Å². The van der Waals surface area contributed by atoms with Crippen molar-refractivity contribution < 1.29 is 9.47 Å². The van der Waals surface area contributed by atoms with Gasteiger partial charge in [0, 0.05) is 32.8 Å². The van der Waals surface area contributed by atoms with E-state index >= 15 is 0 Å². The predicted molar refractivity (Wildman–Crippen MR) is 81.6 cm³/mol. The highest BCUT2D eigenvalue weighted by Crippen LogP contribution is 2.18. The van der Waals surface area contributed by atoms with Gasteiger partial charge in [0.1, 0.15) is 0 Å². The van der Waals surface area contributed by atoms with Crippen LogP contribution in [-0.4, -0.2) is 67.6 Å². The molecule has 118 valence electrons. The summed E-state index contributed by atoms with van der Waals surface area (Å²) in [6.07, 6.45) is 0. The van der Waals surface area contributed by atoms with E-state index in [1.165, 1.54) is 0 Å². The van der Waals surface area contributed by atoms with E-state index in [9.17, 15) is 0 Å². The van der Waals surface area contributed by atoms with Crippen LogP contribution >= 0.6 is 0 Å². The molecule has 2 rings (SSSR count). The van der Waals surface area contributed by atoms with Gasteiger partial charge in [-0.25, -0.2) is 0 Å². The zero-order chi connectivity index (χ0) is 15.2. The van der Waals surface area contributed by atoms with E-state index in [0.717, 1.165) is 13.1 Å². The lowest BCUT2D eigenvalue weighted by molar-refractivity contribution is 0.122. The molecule has 1 saturated heterocycles. The second-order valence-corrected chi connectivity index (χ2v) is 5.17. The van der Waals surface area contributed by atoms with Crippen molar-refractivity contribution in [2.24, 2.45) is 0 Å². The number of nitrogens with two attached hydrogens (primary N) is 1. The fourth-order valence-corrected chi connectivity index (χ4v) is 2.18. The molecule has 1 aromatic heterocycles. The minimum atomic E-state index is 0.240. The Labute approximate surface area is 125 Å². The van der Waals surface area contributed by atoms with E-state index in [4.69, 9.17) is 15.2 Å². The molecule has 1 aliphatic heterocycles. The number of methoxy groups -OCH3 is 1. The van der Waals surface area contributed by atoms with Gasteiger partial charge in [0.05, 0.1) is 19.8 Å². The van der Waals surface area contributed by atoms with E-state index in [1.54, 1.807) is 7.11 Å². The van der Waals surface area contributed by atoms with Crippen LogP contribution in [0.4, 0.5) is 17.8 Å². The number of nitrogens with zero attached hydrogens (tertiary/aromatic N) is 5. The Hall–Kier alpha value is -1.67. The van der Waals surface area contributed by atoms with Crippen molar-refractivity contribution in [3.8, 4) is 0 Å². The Morgan fingerprint density at radius 1 is 1.29 bits per heavy atom. The van der Waals surface area contributed by atoms with Crippen molar-refractivity contribution >= 4 is 17.8 Å². The van der Waals surface area contributed by atoms with E-state index in [0.29, 0.717) is 38.3 Å². The fraction of sp³-hybridized carbons (Fsp3) is 0.769. The number of rotatable bonds is 6. The Balaban J connectivity index is 2.23. The standard InChI is InChI=1S/C13H24N6O2/c1-10(2)19(6-7-20-3)13-16-11(14)15-12(17-13)18-4-8-21-9-5-18/h10H,4-9H2,1-3H3,(H2,14,15,16,17). The van der Waals surface area contributed by atoms with Crippen LogP contribution in [-0.2, 0) is 9.47 Å². The number of aromatic nitrogens is 3. The number of hydrogen-bond donors (Lipinski definition) is 1. The highest BCUT2D eigenvalue weighted by atomic mass is 16.5. The third-order valence-corrected chi connectivity index (χ3v) is 3.34. The number of hydrogen-bond acceptors (Lipinski definition) is 8. The second kappa shape index (κ2) is 7.37. The summed E-state index contributed by atoms with van der Waals surface area (Å²) >= 11 is 0. The van der Waals surface area contributed by atoms with Gasteiger partial charge >= 0.3 is 0 Å². The molecule has 21 heavy (non-hydrogen) atoms. The van der Waals surface area contributed by atoms with Crippen molar-refractivity contribution in [3.63, 3.8) is 0 Å². The van der Waals surface area contributed by atoms with Crippen molar-refractivity contribution in [1.29, 1.82) is 0 Å². The number of nitrogen functional groups attached to an aromatic ring is 1. The molecule has 1 fully saturated rings. The first-order chi connectivity index (χ1) is 10.1. The van der Waals surface area contributed by atoms with Gasteiger partial charge in [-0.3, -0.25) is 0 Å². The topological polar surface area (TPSA) is 89.6 Å². The third kappa shape index (κ3) is 4.15. The van der Waals surface area contributed by atoms with Gasteiger partial charge in [0.25, 0.3) is 0 Å². The summed E-state index contributed by atoms with van der Waals surface area (Å²) in [5, 5.41) is 0. The molecule has 0 atom stereocenters. The Morgan fingerprint density at radius 3 is 2.62 bits per heavy atom. The molecule has 0 saturated carbocycles. The van der Waals surface area contributed by atoms with E-state index < -0.39 is 0 Å². The van der Waals surface area contributed by atoms with Gasteiger partial charge in [-0.2, -0.15) is 15.0 Å². The number of anilines is 3. The van der Waals surface area contributed by atoms with Gasteiger partial charge in [-0.05, 0) is 13.8 Å². The predicted octanol–water partition coefficient (Wildman–Crippen LogP) is 0.152. The largest absolute Gasteiger partial charge is 0.383 e. The minimum absolute atomic E-state index is 0.240. The molecule has 1 aromatic rings. The van der Waals surface area contributed by atoms with Gasteiger partial charge in [-0.1, -0.05) is 0 Å². The lowest BCUT2D eigenvalue weighted by Crippen LogP contribution is -2.39. The molecule has 2 N–H and O–H groups in total. The Kier molecular flexibility index (Phi) is 5.51. The van der Waals surface area contributed by atoms with Crippen LogP contribution in [0.1, 0.15) is 13.8 Å². The van der Waals surface area contributed by atoms with Crippen molar-refractivity contribution in [3.05, 3.63) is 0 Å². The van der Waals surface area contributed by atoms with E-state index in [-0.39, 0.29) is 12.0 Å². The van der Waals surface area contributed by atoms with Crippen LogP contribution in [0.5, 0.6) is 0 Å². The molecule has 0 unspecified atom stereocenters. The van der Waals surface area contributed by atoms with Crippen molar-refractivity contribution in [1.82, 2.24) is 15.0 Å². The first kappa shape index (κ1) is 15.7. The van der Waals surface area contributed by atoms with Gasteiger partial charge in [0.15, 0.2) is 0 Å². The molecule has 0 aliphatic carbocycles. The smallest absolute Gasteiger partial charge is 0.232 e. The third-order valence-electron chi connectivity index (χ3n) is 3.34. The molecule has 1 aliphatic rings. The molecular formula is C13H24N6O2. The lowest BCUT2D eigenvalue weighted by atomic mass is 10.3. The van der Waals surface area contributed by atoms with Crippen LogP contribution in [0, 0.1) is 0 Å². The summed E-state index contributed by atoms with van der Waals surface area (Å²) in [4.78, 5) is 17.2. The summed E-state index contributed by atoms with van der Waals surface area (Å²) in [5.74, 6) is 1.45. The maximum absolute atomic E-state index is 5.85. The first-order valence-corrected chi connectivity index (χ1v) is 7.21. The molecular weight excluding hydrogens is 272 g/mol. The van der Waals surface area contributed by atoms with Crippen LogP contribution in [0.3, 0.4) is 0 Å². The molecule has 8 nitrogen and oxygen atoms in total. The van der Waals surface area contributed by atoms with Crippen LogP contribution in [0.25, 0.3) is 0 Å². The Bertz CT molecular complexity index is 450. The zero-order valence-electron chi connectivity index (χ0n) is 12.9. The maximum atomic E-state index is 5.85. The van der Waals surface area contributed by atoms with Gasteiger partial charge < -0.3 is 25.0 Å². The molecule has 0 aromatic carbocycles. The van der Waals surface area contributed by atoms with E-state index in [2.05, 4.69) is 38.6 Å².